The predicted molar refractivity (Wildman–Crippen MR) is 115 cm³/mol. The number of carbonyl (C=O) groups is 2. The van der Waals surface area contributed by atoms with Crippen molar-refractivity contribution in [3.05, 3.63) is 23.8 Å². The predicted octanol–water partition coefficient (Wildman–Crippen LogP) is 5.18. The average molecular weight is 405 g/mol. The lowest BCUT2D eigenvalue weighted by molar-refractivity contribution is -0.105. The van der Waals surface area contributed by atoms with Crippen molar-refractivity contribution in [2.75, 3.05) is 11.9 Å². The molecule has 1 heterocycles. The second-order valence-corrected chi connectivity index (χ2v) is 9.39. The lowest BCUT2D eigenvalue weighted by atomic mass is 9.81. The summed E-state index contributed by atoms with van der Waals surface area (Å²) < 4.78 is 11.5. The quantitative estimate of drug-likeness (QED) is 0.663. The highest BCUT2D eigenvalue weighted by Gasteiger charge is 2.36. The zero-order chi connectivity index (χ0) is 21.8. The van der Waals surface area contributed by atoms with Gasteiger partial charge in [0.2, 0.25) is 6.41 Å². The van der Waals surface area contributed by atoms with Crippen LogP contribution in [-0.2, 0) is 9.53 Å². The summed E-state index contributed by atoms with van der Waals surface area (Å²) in [6.45, 7) is 14.6. The highest BCUT2D eigenvalue weighted by Crippen LogP contribution is 2.38. The molecule has 2 rings (SSSR count). The van der Waals surface area contributed by atoms with E-state index < -0.39 is 5.60 Å². The molecule has 29 heavy (non-hydrogen) atoms. The molecule has 0 spiro atoms. The van der Waals surface area contributed by atoms with Gasteiger partial charge in [0.25, 0.3) is 0 Å². The molecule has 1 aromatic carbocycles. The number of nitrogens with zero attached hydrogens (tertiary/aromatic N) is 1. The van der Waals surface area contributed by atoms with E-state index in [1.54, 1.807) is 0 Å². The Morgan fingerprint density at radius 3 is 2.48 bits per heavy atom. The molecule has 2 amide bonds. The summed E-state index contributed by atoms with van der Waals surface area (Å²) in [7, 11) is 0. The average Bonchev–Trinajstić information content (AvgIpc) is 2.61. The van der Waals surface area contributed by atoms with E-state index >= 15 is 0 Å². The number of amides is 2. The van der Waals surface area contributed by atoms with Gasteiger partial charge in [-0.1, -0.05) is 19.9 Å². The molecule has 1 saturated heterocycles. The first-order chi connectivity index (χ1) is 13.5. The number of rotatable bonds is 6. The van der Waals surface area contributed by atoms with Crippen molar-refractivity contribution in [1.82, 2.24) is 4.90 Å². The summed E-state index contributed by atoms with van der Waals surface area (Å²) in [6, 6.07) is 6.08. The molecule has 1 aliphatic heterocycles. The smallest absolute Gasteiger partial charge is 0.410 e. The maximum atomic E-state index is 12.7. The summed E-state index contributed by atoms with van der Waals surface area (Å²) in [4.78, 5) is 25.5. The zero-order valence-electron chi connectivity index (χ0n) is 18.8. The molecule has 2 unspecified atom stereocenters. The molecule has 0 radical (unpaired) electrons. The number of hydrogen-bond donors (Lipinski definition) is 1. The lowest BCUT2D eigenvalue weighted by Crippen LogP contribution is -2.49. The zero-order valence-corrected chi connectivity index (χ0v) is 18.8. The Hall–Kier alpha value is -2.24. The maximum absolute atomic E-state index is 12.7. The van der Waals surface area contributed by atoms with Crippen molar-refractivity contribution < 1.29 is 19.1 Å². The fourth-order valence-electron chi connectivity index (χ4n) is 3.81. The van der Waals surface area contributed by atoms with Crippen LogP contribution in [0.25, 0.3) is 0 Å². The standard InChI is InChI=1S/C23H36N2O4/c1-15(2)20-12-18(10-11-25(20)22(27)29-23(5,6)7)17-8-9-19(24-14-26)21(13-17)28-16(3)4/h8-9,13-16,18,20H,10-12H2,1-7H3,(H,24,26). The first-order valence-electron chi connectivity index (χ1n) is 10.5. The van der Waals surface area contributed by atoms with Gasteiger partial charge in [0.1, 0.15) is 11.4 Å². The van der Waals surface area contributed by atoms with Crippen LogP contribution in [-0.4, -0.2) is 41.7 Å². The van der Waals surface area contributed by atoms with Crippen LogP contribution in [0.1, 0.15) is 72.8 Å². The van der Waals surface area contributed by atoms with Crippen molar-refractivity contribution >= 4 is 18.2 Å². The van der Waals surface area contributed by atoms with Crippen LogP contribution in [0.2, 0.25) is 0 Å². The first kappa shape index (κ1) is 23.0. The van der Waals surface area contributed by atoms with Crippen LogP contribution in [0.15, 0.2) is 18.2 Å². The van der Waals surface area contributed by atoms with Crippen LogP contribution in [0, 0.1) is 5.92 Å². The Kier molecular flexibility index (Phi) is 7.55. The highest BCUT2D eigenvalue weighted by atomic mass is 16.6. The van der Waals surface area contributed by atoms with E-state index in [1.807, 2.05) is 57.7 Å². The number of piperidine rings is 1. The fraction of sp³-hybridized carbons (Fsp3) is 0.652. The minimum Gasteiger partial charge on any atom is -0.489 e. The summed E-state index contributed by atoms with van der Waals surface area (Å²) in [5.41, 5.74) is 1.34. The fourth-order valence-corrected chi connectivity index (χ4v) is 3.81. The van der Waals surface area contributed by atoms with E-state index in [9.17, 15) is 9.59 Å². The minimum atomic E-state index is -0.500. The number of ether oxygens (including phenoxy) is 2. The SMILES string of the molecule is CC(C)Oc1cc(C2CCN(C(=O)OC(C)(C)C)C(C(C)C)C2)ccc1NC=O. The summed E-state index contributed by atoms with van der Waals surface area (Å²) in [6.07, 6.45) is 2.18. The molecule has 1 aromatic rings. The number of anilines is 1. The molecule has 162 valence electrons. The first-order valence-corrected chi connectivity index (χ1v) is 10.5. The second kappa shape index (κ2) is 9.51. The highest BCUT2D eigenvalue weighted by molar-refractivity contribution is 5.75. The third kappa shape index (κ3) is 6.38. The van der Waals surface area contributed by atoms with Gasteiger partial charge < -0.3 is 19.7 Å². The van der Waals surface area contributed by atoms with Gasteiger partial charge in [-0.15, -0.1) is 0 Å². The second-order valence-electron chi connectivity index (χ2n) is 9.39. The Balaban J connectivity index is 2.22. The van der Waals surface area contributed by atoms with E-state index in [2.05, 4.69) is 19.2 Å². The van der Waals surface area contributed by atoms with Crippen molar-refractivity contribution in [2.45, 2.75) is 85.0 Å². The molecule has 0 bridgehead atoms. The summed E-state index contributed by atoms with van der Waals surface area (Å²) in [5, 5.41) is 2.71. The topological polar surface area (TPSA) is 67.9 Å². The van der Waals surface area contributed by atoms with Crippen molar-refractivity contribution in [3.63, 3.8) is 0 Å². The molecule has 6 heteroatoms. The van der Waals surface area contributed by atoms with Gasteiger partial charge in [-0.2, -0.15) is 0 Å². The van der Waals surface area contributed by atoms with Gasteiger partial charge in [-0.25, -0.2) is 4.79 Å². The van der Waals surface area contributed by atoms with Crippen LogP contribution >= 0.6 is 0 Å². The molecule has 1 fully saturated rings. The van der Waals surface area contributed by atoms with Crippen LogP contribution in [0.4, 0.5) is 10.5 Å². The van der Waals surface area contributed by atoms with E-state index in [0.29, 0.717) is 36.2 Å². The van der Waals surface area contributed by atoms with Crippen molar-refractivity contribution in [3.8, 4) is 5.75 Å². The third-order valence-electron chi connectivity index (χ3n) is 5.10. The molecule has 0 saturated carbocycles. The van der Waals surface area contributed by atoms with E-state index in [1.165, 1.54) is 5.56 Å². The Morgan fingerprint density at radius 1 is 1.24 bits per heavy atom. The molecular weight excluding hydrogens is 368 g/mol. The van der Waals surface area contributed by atoms with Gasteiger partial charge in [-0.05, 0) is 77.0 Å². The molecule has 2 atom stereocenters. The Morgan fingerprint density at radius 2 is 1.93 bits per heavy atom. The Labute approximate surface area is 174 Å². The molecule has 1 N–H and O–H groups in total. The van der Waals surface area contributed by atoms with E-state index in [4.69, 9.17) is 9.47 Å². The lowest BCUT2D eigenvalue weighted by Gasteiger charge is -2.42. The van der Waals surface area contributed by atoms with Crippen molar-refractivity contribution in [2.24, 2.45) is 5.92 Å². The van der Waals surface area contributed by atoms with E-state index in [0.717, 1.165) is 12.8 Å². The summed E-state index contributed by atoms with van der Waals surface area (Å²) in [5.74, 6) is 1.33. The minimum absolute atomic E-state index is 0.00915. The number of nitrogens with one attached hydrogen (secondary N) is 1. The molecule has 0 aliphatic carbocycles. The number of likely N-dealkylation sites (tertiary alicyclic amines) is 1. The van der Waals surface area contributed by atoms with E-state index in [-0.39, 0.29) is 18.2 Å². The largest absolute Gasteiger partial charge is 0.489 e. The van der Waals surface area contributed by atoms with Crippen LogP contribution in [0.5, 0.6) is 5.75 Å². The molecule has 6 nitrogen and oxygen atoms in total. The number of carbonyl (C=O) groups excluding carboxylic acids is 2. The van der Waals surface area contributed by atoms with Gasteiger partial charge in [0, 0.05) is 12.6 Å². The van der Waals surface area contributed by atoms with Gasteiger partial charge in [0.15, 0.2) is 0 Å². The number of benzene rings is 1. The maximum Gasteiger partial charge on any atom is 0.410 e. The van der Waals surface area contributed by atoms with Gasteiger partial charge >= 0.3 is 6.09 Å². The number of hydrogen-bond acceptors (Lipinski definition) is 4. The third-order valence-corrected chi connectivity index (χ3v) is 5.10. The van der Waals surface area contributed by atoms with Crippen LogP contribution in [0.3, 0.4) is 0 Å². The van der Waals surface area contributed by atoms with Crippen LogP contribution < -0.4 is 10.1 Å². The normalized spacial score (nSPS) is 20.0. The molecule has 1 aliphatic rings. The van der Waals surface area contributed by atoms with Gasteiger partial charge in [-0.3, -0.25) is 4.79 Å². The Bertz CT molecular complexity index is 709. The molecular formula is C23H36N2O4. The summed E-state index contributed by atoms with van der Waals surface area (Å²) >= 11 is 0. The van der Waals surface area contributed by atoms with Crippen molar-refractivity contribution in [1.29, 1.82) is 0 Å². The monoisotopic (exact) mass is 404 g/mol. The van der Waals surface area contributed by atoms with Gasteiger partial charge in [0.05, 0.1) is 11.8 Å². The molecule has 0 aromatic heterocycles.